The molecule has 0 bridgehead atoms. The van der Waals surface area contributed by atoms with E-state index < -0.39 is 23.7 Å². The highest BCUT2D eigenvalue weighted by Gasteiger charge is 2.20. The second-order valence-electron chi connectivity index (χ2n) is 4.36. The maximum absolute atomic E-state index is 13.4. The van der Waals surface area contributed by atoms with E-state index in [0.29, 0.717) is 0 Å². The predicted octanol–water partition coefficient (Wildman–Crippen LogP) is 2.37. The molecule has 102 valence electrons. The molecular formula is C14H16FNO3. The first kappa shape index (κ1) is 14.9. The van der Waals surface area contributed by atoms with Crippen LogP contribution in [0.3, 0.4) is 0 Å². The van der Waals surface area contributed by atoms with Gasteiger partial charge in [0, 0.05) is 0 Å². The van der Waals surface area contributed by atoms with Crippen molar-refractivity contribution in [3.8, 4) is 0 Å². The van der Waals surface area contributed by atoms with Crippen LogP contribution in [0.25, 0.3) is 0 Å². The number of amides is 1. The van der Waals surface area contributed by atoms with Gasteiger partial charge in [-0.3, -0.25) is 4.79 Å². The number of nitrogens with one attached hydrogen (secondary N) is 1. The van der Waals surface area contributed by atoms with Crippen LogP contribution in [0, 0.1) is 5.82 Å². The van der Waals surface area contributed by atoms with Crippen molar-refractivity contribution in [2.45, 2.75) is 26.3 Å². The molecule has 0 aliphatic rings. The fourth-order valence-corrected chi connectivity index (χ4v) is 1.46. The van der Waals surface area contributed by atoms with Crippen molar-refractivity contribution in [3.05, 3.63) is 47.3 Å². The molecule has 0 fully saturated rings. The highest BCUT2D eigenvalue weighted by molar-refractivity contribution is 5.96. The van der Waals surface area contributed by atoms with E-state index in [1.54, 1.807) is 6.08 Å². The van der Waals surface area contributed by atoms with Crippen LogP contribution in [0.4, 0.5) is 4.39 Å². The van der Waals surface area contributed by atoms with Crippen LogP contribution in [0.15, 0.2) is 35.9 Å². The average Bonchev–Trinajstić information content (AvgIpc) is 2.34. The Balaban J connectivity index is 2.80. The first-order chi connectivity index (χ1) is 8.91. The van der Waals surface area contributed by atoms with Gasteiger partial charge in [-0.2, -0.15) is 0 Å². The molecule has 1 rings (SSSR count). The summed E-state index contributed by atoms with van der Waals surface area (Å²) in [5, 5.41) is 11.3. The van der Waals surface area contributed by atoms with Gasteiger partial charge in [0.15, 0.2) is 0 Å². The molecule has 0 spiro atoms. The second-order valence-corrected chi connectivity index (χ2v) is 4.36. The molecule has 1 aromatic rings. The topological polar surface area (TPSA) is 66.4 Å². The third kappa shape index (κ3) is 4.54. The van der Waals surface area contributed by atoms with Crippen molar-refractivity contribution in [1.29, 1.82) is 0 Å². The van der Waals surface area contributed by atoms with Crippen molar-refractivity contribution in [3.63, 3.8) is 0 Å². The molecule has 1 amide bonds. The fraction of sp³-hybridized carbons (Fsp3) is 0.286. The number of carboxylic acid groups (broad SMARTS) is 1. The molecule has 1 aromatic carbocycles. The number of benzene rings is 1. The van der Waals surface area contributed by atoms with Gasteiger partial charge in [0.05, 0.1) is 5.56 Å². The summed E-state index contributed by atoms with van der Waals surface area (Å²) >= 11 is 0. The molecule has 0 saturated heterocycles. The molecule has 0 radical (unpaired) electrons. The number of rotatable bonds is 5. The van der Waals surface area contributed by atoms with E-state index in [-0.39, 0.29) is 12.0 Å². The third-order valence-electron chi connectivity index (χ3n) is 2.48. The van der Waals surface area contributed by atoms with E-state index in [9.17, 15) is 14.0 Å². The molecule has 19 heavy (non-hydrogen) atoms. The summed E-state index contributed by atoms with van der Waals surface area (Å²) in [6.45, 7) is 3.66. The van der Waals surface area contributed by atoms with E-state index in [2.05, 4.69) is 5.32 Å². The fourth-order valence-electron chi connectivity index (χ4n) is 1.46. The maximum atomic E-state index is 13.4. The molecule has 5 heteroatoms. The van der Waals surface area contributed by atoms with Gasteiger partial charge in [-0.05, 0) is 32.4 Å². The first-order valence-corrected chi connectivity index (χ1v) is 5.83. The van der Waals surface area contributed by atoms with Crippen molar-refractivity contribution >= 4 is 11.9 Å². The minimum Gasteiger partial charge on any atom is -0.480 e. The lowest BCUT2D eigenvalue weighted by Gasteiger charge is -2.13. The van der Waals surface area contributed by atoms with Crippen LogP contribution in [0.2, 0.25) is 0 Å². The van der Waals surface area contributed by atoms with Crippen molar-refractivity contribution < 1.29 is 19.1 Å². The quantitative estimate of drug-likeness (QED) is 0.803. The van der Waals surface area contributed by atoms with Gasteiger partial charge in [-0.15, -0.1) is 0 Å². The number of carbonyl (C=O) groups excluding carboxylic acids is 1. The van der Waals surface area contributed by atoms with Crippen LogP contribution in [0.5, 0.6) is 0 Å². The molecule has 0 aromatic heterocycles. The Morgan fingerprint density at radius 1 is 1.37 bits per heavy atom. The second kappa shape index (κ2) is 6.68. The number of hydrogen-bond donors (Lipinski definition) is 2. The molecule has 0 unspecified atom stereocenters. The van der Waals surface area contributed by atoms with Gasteiger partial charge in [-0.1, -0.05) is 23.8 Å². The van der Waals surface area contributed by atoms with E-state index in [1.165, 1.54) is 18.2 Å². The van der Waals surface area contributed by atoms with Gasteiger partial charge in [0.1, 0.15) is 11.9 Å². The van der Waals surface area contributed by atoms with Crippen LogP contribution >= 0.6 is 0 Å². The first-order valence-electron chi connectivity index (χ1n) is 5.83. The lowest BCUT2D eigenvalue weighted by atomic mass is 10.1. The largest absolute Gasteiger partial charge is 0.480 e. The molecule has 4 nitrogen and oxygen atoms in total. The third-order valence-corrected chi connectivity index (χ3v) is 2.48. The van der Waals surface area contributed by atoms with Crippen molar-refractivity contribution in [2.24, 2.45) is 0 Å². The summed E-state index contributed by atoms with van der Waals surface area (Å²) in [4.78, 5) is 22.8. The number of carboxylic acids is 1. The van der Waals surface area contributed by atoms with Gasteiger partial charge < -0.3 is 10.4 Å². The summed E-state index contributed by atoms with van der Waals surface area (Å²) in [5.41, 5.74) is 0.789. The highest BCUT2D eigenvalue weighted by Crippen LogP contribution is 2.07. The molecule has 0 heterocycles. The number of aliphatic carboxylic acids is 1. The average molecular weight is 265 g/mol. The van der Waals surface area contributed by atoms with E-state index in [4.69, 9.17) is 5.11 Å². The SMILES string of the molecule is CC(C)=CC[C@H](NC(=O)c1ccccc1F)C(=O)O. The number of carbonyl (C=O) groups is 2. The maximum Gasteiger partial charge on any atom is 0.326 e. The minimum absolute atomic E-state index is 0.161. The van der Waals surface area contributed by atoms with E-state index >= 15 is 0 Å². The van der Waals surface area contributed by atoms with Gasteiger partial charge >= 0.3 is 5.97 Å². The molecule has 0 aliphatic carbocycles. The zero-order chi connectivity index (χ0) is 14.4. The predicted molar refractivity (Wildman–Crippen MR) is 69.3 cm³/mol. The molecular weight excluding hydrogens is 249 g/mol. The van der Waals surface area contributed by atoms with Gasteiger partial charge in [0.25, 0.3) is 5.91 Å². The monoisotopic (exact) mass is 265 g/mol. The number of hydrogen-bond acceptors (Lipinski definition) is 2. The summed E-state index contributed by atoms with van der Waals surface area (Å²) < 4.78 is 13.4. The van der Waals surface area contributed by atoms with E-state index in [1.807, 2.05) is 13.8 Å². The Labute approximate surface area is 110 Å². The van der Waals surface area contributed by atoms with Crippen LogP contribution in [0.1, 0.15) is 30.6 Å². The Hall–Kier alpha value is -2.17. The smallest absolute Gasteiger partial charge is 0.326 e. The van der Waals surface area contributed by atoms with Crippen LogP contribution in [-0.2, 0) is 4.79 Å². The summed E-state index contributed by atoms with van der Waals surface area (Å²) in [6.07, 6.45) is 1.87. The Bertz CT molecular complexity index is 507. The van der Waals surface area contributed by atoms with Crippen molar-refractivity contribution in [2.75, 3.05) is 0 Å². The highest BCUT2D eigenvalue weighted by atomic mass is 19.1. The van der Waals surface area contributed by atoms with Gasteiger partial charge in [-0.25, -0.2) is 9.18 Å². The zero-order valence-electron chi connectivity index (χ0n) is 10.8. The molecule has 0 saturated carbocycles. The van der Waals surface area contributed by atoms with Crippen LogP contribution < -0.4 is 5.32 Å². The Kier molecular flexibility index (Phi) is 5.23. The minimum atomic E-state index is -1.15. The van der Waals surface area contributed by atoms with Crippen LogP contribution in [-0.4, -0.2) is 23.0 Å². The van der Waals surface area contributed by atoms with Gasteiger partial charge in [0.2, 0.25) is 0 Å². The standard InChI is InChI=1S/C14H16FNO3/c1-9(2)7-8-12(14(18)19)16-13(17)10-5-3-4-6-11(10)15/h3-7,12H,8H2,1-2H3,(H,16,17)(H,18,19)/t12-/m0/s1. The molecule has 1 atom stereocenters. The lowest BCUT2D eigenvalue weighted by Crippen LogP contribution is -2.40. The summed E-state index contributed by atoms with van der Waals surface area (Å²) in [6, 6.07) is 4.38. The normalized spacial score (nSPS) is 11.5. The molecule has 0 aliphatic heterocycles. The Morgan fingerprint density at radius 3 is 2.53 bits per heavy atom. The van der Waals surface area contributed by atoms with Crippen molar-refractivity contribution in [1.82, 2.24) is 5.32 Å². The zero-order valence-corrected chi connectivity index (χ0v) is 10.8. The van der Waals surface area contributed by atoms with E-state index in [0.717, 1.165) is 11.6 Å². The summed E-state index contributed by atoms with van der Waals surface area (Å²) in [5.74, 6) is -2.55. The lowest BCUT2D eigenvalue weighted by molar-refractivity contribution is -0.139. The number of allylic oxidation sites excluding steroid dienone is 1. The Morgan fingerprint density at radius 2 is 2.00 bits per heavy atom. The molecule has 2 N–H and O–H groups in total. The summed E-state index contributed by atoms with van der Waals surface area (Å²) in [7, 11) is 0. The number of halogens is 1.